The molecule has 0 saturated heterocycles. The lowest BCUT2D eigenvalue weighted by Crippen LogP contribution is -2.30. The third-order valence-corrected chi connectivity index (χ3v) is 5.89. The lowest BCUT2D eigenvalue weighted by molar-refractivity contribution is 0.353. The fourth-order valence-electron chi connectivity index (χ4n) is 2.34. The monoisotopic (exact) mass is 387 g/mol. The van der Waals surface area contributed by atoms with E-state index in [-0.39, 0.29) is 23.0 Å². The number of sulfonamides is 1. The van der Waals surface area contributed by atoms with Gasteiger partial charge in [-0.2, -0.15) is 4.31 Å². The van der Waals surface area contributed by atoms with Crippen molar-refractivity contribution in [2.75, 3.05) is 20.8 Å². The molecule has 0 N–H and O–H groups in total. The summed E-state index contributed by atoms with van der Waals surface area (Å²) in [5.41, 5.74) is 0.733. The number of hydrogen-bond donors (Lipinski definition) is 0. The third kappa shape index (κ3) is 4.23. The van der Waals surface area contributed by atoms with Gasteiger partial charge in [0.2, 0.25) is 10.0 Å². The second-order valence-corrected chi connectivity index (χ2v) is 7.54. The van der Waals surface area contributed by atoms with Gasteiger partial charge >= 0.3 is 0 Å². The summed E-state index contributed by atoms with van der Waals surface area (Å²) in [6.07, 6.45) is 0. The van der Waals surface area contributed by atoms with Gasteiger partial charge in [0.05, 0.1) is 24.1 Å². The first-order valence-electron chi connectivity index (χ1n) is 7.49. The first-order valence-corrected chi connectivity index (χ1v) is 9.31. The van der Waals surface area contributed by atoms with Crippen LogP contribution in [0.25, 0.3) is 0 Å². The summed E-state index contributed by atoms with van der Waals surface area (Å²) in [4.78, 5) is -0.0544. The van der Waals surface area contributed by atoms with Crippen LogP contribution in [0.3, 0.4) is 0 Å². The van der Waals surface area contributed by atoms with E-state index in [0.717, 1.165) is 17.7 Å². The minimum Gasteiger partial charge on any atom is -0.493 e. The van der Waals surface area contributed by atoms with Crippen molar-refractivity contribution in [1.82, 2.24) is 4.31 Å². The van der Waals surface area contributed by atoms with Crippen LogP contribution in [0, 0.1) is 5.82 Å². The molecule has 0 aliphatic heterocycles. The minimum atomic E-state index is -3.81. The van der Waals surface area contributed by atoms with Crippen LogP contribution in [0.4, 0.5) is 4.39 Å². The molecule has 8 heteroatoms. The zero-order chi connectivity index (χ0) is 18.6. The second-order valence-electron chi connectivity index (χ2n) is 5.20. The minimum absolute atomic E-state index is 0.0544. The summed E-state index contributed by atoms with van der Waals surface area (Å²) < 4.78 is 50.6. The van der Waals surface area contributed by atoms with Crippen molar-refractivity contribution in [3.05, 3.63) is 52.8 Å². The van der Waals surface area contributed by atoms with Crippen LogP contribution < -0.4 is 9.47 Å². The zero-order valence-electron chi connectivity index (χ0n) is 14.1. The van der Waals surface area contributed by atoms with Gasteiger partial charge in [0.15, 0.2) is 11.5 Å². The van der Waals surface area contributed by atoms with E-state index in [0.29, 0.717) is 11.5 Å². The molecule has 2 rings (SSSR count). The Hall–Kier alpha value is -1.83. The normalized spacial score (nSPS) is 11.6. The highest BCUT2D eigenvalue weighted by Gasteiger charge is 2.24. The van der Waals surface area contributed by atoms with Crippen LogP contribution in [0.5, 0.6) is 11.5 Å². The Labute approximate surface area is 152 Å². The molecule has 136 valence electrons. The van der Waals surface area contributed by atoms with Crippen molar-refractivity contribution < 1.29 is 22.3 Å². The molecule has 0 unspecified atom stereocenters. The lowest BCUT2D eigenvalue weighted by atomic mass is 10.2. The Bertz CT molecular complexity index is 858. The first-order chi connectivity index (χ1) is 11.8. The number of rotatable bonds is 7. The number of ether oxygens (including phenoxy) is 2. The molecule has 0 saturated carbocycles. The molecule has 0 heterocycles. The maximum Gasteiger partial charge on any atom is 0.243 e. The van der Waals surface area contributed by atoms with Crippen molar-refractivity contribution in [2.45, 2.75) is 18.4 Å². The molecule has 5 nitrogen and oxygen atoms in total. The van der Waals surface area contributed by atoms with E-state index >= 15 is 0 Å². The molecular weight excluding hydrogens is 369 g/mol. The van der Waals surface area contributed by atoms with Crippen LogP contribution in [0.1, 0.15) is 12.5 Å². The van der Waals surface area contributed by atoms with Gasteiger partial charge < -0.3 is 9.47 Å². The van der Waals surface area contributed by atoms with E-state index < -0.39 is 15.8 Å². The van der Waals surface area contributed by atoms with Gasteiger partial charge in [0.25, 0.3) is 0 Å². The number of hydrogen-bond acceptors (Lipinski definition) is 4. The third-order valence-electron chi connectivity index (χ3n) is 3.69. The molecule has 2 aromatic rings. The Kier molecular flexibility index (Phi) is 6.26. The van der Waals surface area contributed by atoms with Crippen molar-refractivity contribution in [2.24, 2.45) is 0 Å². The quantitative estimate of drug-likeness (QED) is 0.726. The molecule has 0 atom stereocenters. The first kappa shape index (κ1) is 19.5. The van der Waals surface area contributed by atoms with Gasteiger partial charge in [-0.25, -0.2) is 12.8 Å². The molecule has 0 aliphatic carbocycles. The molecule has 0 fully saturated rings. The Morgan fingerprint density at radius 3 is 2.32 bits per heavy atom. The van der Waals surface area contributed by atoms with E-state index in [1.807, 2.05) is 0 Å². The van der Waals surface area contributed by atoms with Crippen LogP contribution in [0.2, 0.25) is 5.02 Å². The topological polar surface area (TPSA) is 55.8 Å². The molecule has 0 aliphatic rings. The highest BCUT2D eigenvalue weighted by Crippen LogP contribution is 2.29. The molecule has 0 radical (unpaired) electrons. The Balaban J connectivity index is 2.34. The molecule has 0 spiro atoms. The van der Waals surface area contributed by atoms with Gasteiger partial charge in [0, 0.05) is 13.1 Å². The van der Waals surface area contributed by atoms with Crippen molar-refractivity contribution in [3.63, 3.8) is 0 Å². The Morgan fingerprint density at radius 2 is 1.76 bits per heavy atom. The van der Waals surface area contributed by atoms with Gasteiger partial charge in [-0.1, -0.05) is 24.6 Å². The predicted molar refractivity (Wildman–Crippen MR) is 94.2 cm³/mol. The zero-order valence-corrected chi connectivity index (χ0v) is 15.7. The van der Waals surface area contributed by atoms with Crippen LogP contribution >= 0.6 is 11.6 Å². The van der Waals surface area contributed by atoms with E-state index in [1.54, 1.807) is 25.1 Å². The van der Waals surface area contributed by atoms with Gasteiger partial charge in [-0.3, -0.25) is 0 Å². The summed E-state index contributed by atoms with van der Waals surface area (Å²) in [6.45, 7) is 2.10. The van der Waals surface area contributed by atoms with E-state index in [1.165, 1.54) is 24.6 Å². The maximum absolute atomic E-state index is 13.3. The summed E-state index contributed by atoms with van der Waals surface area (Å²) in [5, 5.41) is -0.233. The van der Waals surface area contributed by atoms with Gasteiger partial charge in [-0.05, 0) is 35.9 Å². The fraction of sp³-hybridized carbons (Fsp3) is 0.294. The summed E-state index contributed by atoms with van der Waals surface area (Å²) in [5.74, 6) is 0.407. The van der Waals surface area contributed by atoms with Gasteiger partial charge in [-0.15, -0.1) is 0 Å². The fourth-order valence-corrected chi connectivity index (χ4v) is 4.04. The Morgan fingerprint density at radius 1 is 1.08 bits per heavy atom. The molecule has 0 amide bonds. The van der Waals surface area contributed by atoms with Crippen LogP contribution in [-0.4, -0.2) is 33.5 Å². The number of halogens is 2. The molecule has 0 bridgehead atoms. The van der Waals surface area contributed by atoms with Crippen molar-refractivity contribution in [1.29, 1.82) is 0 Å². The highest BCUT2D eigenvalue weighted by atomic mass is 35.5. The maximum atomic E-state index is 13.3. The van der Waals surface area contributed by atoms with E-state index in [4.69, 9.17) is 21.1 Å². The van der Waals surface area contributed by atoms with E-state index in [9.17, 15) is 12.8 Å². The second kappa shape index (κ2) is 8.03. The summed E-state index contributed by atoms with van der Waals surface area (Å²) in [7, 11) is -0.777. The number of nitrogens with zero attached hydrogens (tertiary/aromatic N) is 1. The predicted octanol–water partition coefficient (Wildman–Crippen LogP) is 3.71. The highest BCUT2D eigenvalue weighted by molar-refractivity contribution is 7.89. The standard InChI is InChI=1S/C17H19ClFNO4S/c1-4-20(11-12-5-8-16(23-2)17(9-12)24-3)25(21,22)13-6-7-15(19)14(18)10-13/h5-10H,4,11H2,1-3H3. The molecule has 2 aromatic carbocycles. The van der Waals surface area contributed by atoms with Crippen LogP contribution in [-0.2, 0) is 16.6 Å². The van der Waals surface area contributed by atoms with Gasteiger partial charge in [0.1, 0.15) is 5.82 Å². The number of methoxy groups -OCH3 is 2. The van der Waals surface area contributed by atoms with E-state index in [2.05, 4.69) is 0 Å². The summed E-state index contributed by atoms with van der Waals surface area (Å²) in [6, 6.07) is 8.55. The lowest BCUT2D eigenvalue weighted by Gasteiger charge is -2.21. The van der Waals surface area contributed by atoms with Crippen LogP contribution in [0.15, 0.2) is 41.3 Å². The SMILES string of the molecule is CCN(Cc1ccc(OC)c(OC)c1)S(=O)(=O)c1ccc(F)c(Cl)c1. The molecule has 25 heavy (non-hydrogen) atoms. The summed E-state index contributed by atoms with van der Waals surface area (Å²) >= 11 is 5.71. The average molecular weight is 388 g/mol. The average Bonchev–Trinajstić information content (AvgIpc) is 2.61. The molecular formula is C17H19ClFNO4S. The smallest absolute Gasteiger partial charge is 0.243 e. The largest absolute Gasteiger partial charge is 0.493 e. The molecule has 0 aromatic heterocycles. The number of benzene rings is 2. The van der Waals surface area contributed by atoms with Crippen molar-refractivity contribution >= 4 is 21.6 Å². The van der Waals surface area contributed by atoms with Crippen molar-refractivity contribution in [3.8, 4) is 11.5 Å².